The maximum atomic E-state index is 11.4. The second kappa shape index (κ2) is 25.0. The summed E-state index contributed by atoms with van der Waals surface area (Å²) in [5.74, 6) is -0.417. The zero-order valence-electron chi connectivity index (χ0n) is 29.2. The first kappa shape index (κ1) is 48.7. The van der Waals surface area contributed by atoms with E-state index in [2.05, 4.69) is 0 Å². The van der Waals surface area contributed by atoms with E-state index in [1.165, 1.54) is 12.8 Å². The Morgan fingerprint density at radius 2 is 0.571 bits per heavy atom. The Bertz CT molecular complexity index is 627. The smallest absolute Gasteiger partial charge is 0.382 e. The van der Waals surface area contributed by atoms with Gasteiger partial charge in [0.15, 0.2) is 0 Å². The fraction of sp³-hybridized carbons (Fsp3) is 0.812. The molecule has 0 aromatic carbocycles. The Kier molecular flexibility index (Phi) is 29.0. The standard InChI is InChI=1S/2C11H19O2.C10H22O5.Ba/c2*1-10(2,3)8(12)7-9(13)11(4,5)6;1-11-3-5-13-7-9-15-10-8-14-6-4-12-2;/h2*7H,1-6H3;3-10H2,1-2H3;/q2*-1;;+2. The van der Waals surface area contributed by atoms with Gasteiger partial charge in [0.25, 0.3) is 0 Å². The molecule has 0 spiro atoms. The molecule has 0 atom stereocenters. The predicted octanol–water partition coefficient (Wildman–Crippen LogP) is 4.79. The van der Waals surface area contributed by atoms with Crippen LogP contribution in [-0.4, -0.2) is 139 Å². The maximum Gasteiger partial charge on any atom is 2.00 e. The minimum absolute atomic E-state index is 0. The van der Waals surface area contributed by atoms with Crippen molar-refractivity contribution < 1.29 is 42.9 Å². The third-order valence-electron chi connectivity index (χ3n) is 5.09. The summed E-state index contributed by atoms with van der Waals surface area (Å²) >= 11 is 0. The van der Waals surface area contributed by atoms with Gasteiger partial charge in [-0.05, 0) is 21.7 Å². The number of Topliss-reactive ketones (excluding diaryl/α,β-unsaturated/α-hetero) is 4. The van der Waals surface area contributed by atoms with E-state index in [1.807, 2.05) is 83.1 Å². The first-order chi connectivity index (χ1) is 18.5. The Morgan fingerprint density at radius 3 is 0.714 bits per heavy atom. The molecule has 10 heteroatoms. The van der Waals surface area contributed by atoms with Crippen LogP contribution in [0.5, 0.6) is 0 Å². The van der Waals surface area contributed by atoms with Crippen molar-refractivity contribution in [3.8, 4) is 0 Å². The molecule has 0 amide bonds. The molecule has 0 aromatic rings. The summed E-state index contributed by atoms with van der Waals surface area (Å²) in [4.78, 5) is 45.8. The van der Waals surface area contributed by atoms with Crippen LogP contribution in [0, 0.1) is 34.5 Å². The zero-order chi connectivity index (χ0) is 32.9. The first-order valence-corrected chi connectivity index (χ1v) is 14.1. The molecule has 0 rings (SSSR count). The molecule has 0 aliphatic heterocycles. The van der Waals surface area contributed by atoms with E-state index in [-0.39, 0.29) is 72.0 Å². The summed E-state index contributed by atoms with van der Waals surface area (Å²) in [6.45, 7) is 26.6. The molecule has 0 aliphatic carbocycles. The molecule has 0 N–H and O–H groups in total. The Morgan fingerprint density at radius 1 is 0.405 bits per heavy atom. The quantitative estimate of drug-likeness (QED) is 0.0960. The number of rotatable bonds is 16. The summed E-state index contributed by atoms with van der Waals surface area (Å²) in [5.41, 5.74) is -1.83. The fourth-order valence-electron chi connectivity index (χ4n) is 1.93. The number of ketones is 4. The van der Waals surface area contributed by atoms with Crippen molar-refractivity contribution in [1.82, 2.24) is 0 Å². The molecular formula is C32H60BaO9. The maximum absolute atomic E-state index is 11.4. The molecule has 0 saturated carbocycles. The van der Waals surface area contributed by atoms with E-state index in [4.69, 9.17) is 23.7 Å². The Labute approximate surface area is 297 Å². The van der Waals surface area contributed by atoms with Gasteiger partial charge in [0.2, 0.25) is 0 Å². The molecule has 0 heterocycles. The van der Waals surface area contributed by atoms with Crippen LogP contribution in [-0.2, 0) is 42.9 Å². The molecule has 0 fully saturated rings. The van der Waals surface area contributed by atoms with Gasteiger partial charge in [-0.3, -0.25) is 12.8 Å². The molecule has 0 unspecified atom stereocenters. The number of hydrogen-bond donors (Lipinski definition) is 0. The number of carbonyl (C=O) groups excluding carboxylic acids is 4. The third kappa shape index (κ3) is 31.2. The van der Waals surface area contributed by atoms with Crippen molar-refractivity contribution in [3.05, 3.63) is 12.8 Å². The van der Waals surface area contributed by atoms with Crippen LogP contribution < -0.4 is 0 Å². The van der Waals surface area contributed by atoms with Crippen molar-refractivity contribution in [2.45, 2.75) is 83.1 Å². The molecule has 0 bridgehead atoms. The van der Waals surface area contributed by atoms with Gasteiger partial charge >= 0.3 is 48.9 Å². The summed E-state index contributed by atoms with van der Waals surface area (Å²) in [7, 11) is 3.30. The molecule has 0 aliphatic rings. The molecule has 244 valence electrons. The fourth-order valence-corrected chi connectivity index (χ4v) is 1.93. The number of ether oxygens (including phenoxy) is 5. The topological polar surface area (TPSA) is 114 Å². The van der Waals surface area contributed by atoms with Crippen LogP contribution in [0.25, 0.3) is 0 Å². The average Bonchev–Trinajstić information content (AvgIpc) is 2.81. The molecule has 0 saturated heterocycles. The van der Waals surface area contributed by atoms with Crippen molar-refractivity contribution in [2.75, 3.05) is 67.1 Å². The van der Waals surface area contributed by atoms with Gasteiger partial charge in [-0.1, -0.05) is 83.1 Å². The zero-order valence-corrected chi connectivity index (χ0v) is 33.6. The van der Waals surface area contributed by atoms with Gasteiger partial charge in [0.1, 0.15) is 0 Å². The monoisotopic (exact) mass is 726 g/mol. The van der Waals surface area contributed by atoms with Gasteiger partial charge in [-0.15, -0.1) is 0 Å². The molecule has 42 heavy (non-hydrogen) atoms. The van der Waals surface area contributed by atoms with Gasteiger partial charge < -0.3 is 42.9 Å². The number of methoxy groups -OCH3 is 2. The van der Waals surface area contributed by atoms with E-state index >= 15 is 0 Å². The van der Waals surface area contributed by atoms with Crippen LogP contribution >= 0.6 is 0 Å². The number of hydrogen-bond acceptors (Lipinski definition) is 9. The SMILES string of the molecule is CC(C)(C)C(=O)[CH-]C(=O)C(C)(C)C.CC(C)(C)C(=O)[CH-]C(=O)C(C)(C)C.COCCOCCOCCOCCOC.[Ba+2]. The minimum atomic E-state index is -0.457. The van der Waals surface area contributed by atoms with Crippen LogP contribution in [0.2, 0.25) is 0 Å². The van der Waals surface area contributed by atoms with Crippen molar-refractivity contribution in [3.63, 3.8) is 0 Å². The Balaban J connectivity index is -0.000000256. The van der Waals surface area contributed by atoms with Crippen LogP contribution in [0.3, 0.4) is 0 Å². The van der Waals surface area contributed by atoms with E-state index in [0.717, 1.165) is 0 Å². The van der Waals surface area contributed by atoms with E-state index in [0.29, 0.717) is 52.9 Å². The minimum Gasteiger partial charge on any atom is -0.382 e. The molecule has 0 radical (unpaired) electrons. The summed E-state index contributed by atoms with van der Waals surface area (Å²) in [6, 6.07) is 0. The summed E-state index contributed by atoms with van der Waals surface area (Å²) in [5, 5.41) is 0. The average molecular weight is 726 g/mol. The number of carbonyl (C=O) groups is 4. The van der Waals surface area contributed by atoms with E-state index in [9.17, 15) is 19.2 Å². The van der Waals surface area contributed by atoms with E-state index in [1.54, 1.807) is 14.2 Å². The van der Waals surface area contributed by atoms with Crippen molar-refractivity contribution in [1.29, 1.82) is 0 Å². The predicted molar refractivity (Wildman–Crippen MR) is 168 cm³/mol. The van der Waals surface area contributed by atoms with Crippen LogP contribution in [0.15, 0.2) is 0 Å². The molecule has 9 nitrogen and oxygen atoms in total. The van der Waals surface area contributed by atoms with Crippen molar-refractivity contribution >= 4 is 72.0 Å². The Hall–Kier alpha value is -0.209. The van der Waals surface area contributed by atoms with Gasteiger partial charge in [0, 0.05) is 37.4 Å². The first-order valence-electron chi connectivity index (χ1n) is 14.1. The normalized spacial score (nSPS) is 11.6. The third-order valence-corrected chi connectivity index (χ3v) is 5.09. The van der Waals surface area contributed by atoms with Gasteiger partial charge in [-0.25, -0.2) is 0 Å². The van der Waals surface area contributed by atoms with E-state index < -0.39 is 21.7 Å². The van der Waals surface area contributed by atoms with Gasteiger partial charge in [-0.2, -0.15) is 0 Å². The molecule has 0 aromatic heterocycles. The summed E-state index contributed by atoms with van der Waals surface area (Å²) in [6.07, 6.45) is 2.44. The van der Waals surface area contributed by atoms with Crippen molar-refractivity contribution in [2.24, 2.45) is 21.7 Å². The van der Waals surface area contributed by atoms with Crippen LogP contribution in [0.1, 0.15) is 83.1 Å². The molecular weight excluding hydrogens is 666 g/mol. The second-order valence-electron chi connectivity index (χ2n) is 13.6. The summed E-state index contributed by atoms with van der Waals surface area (Å²) < 4.78 is 25.3. The van der Waals surface area contributed by atoms with Gasteiger partial charge in [0.05, 0.1) is 52.9 Å². The second-order valence-corrected chi connectivity index (χ2v) is 13.6. The van der Waals surface area contributed by atoms with Crippen LogP contribution in [0.4, 0.5) is 0 Å². The largest absolute Gasteiger partial charge is 2.00 e.